The quantitative estimate of drug-likeness (QED) is 0.878. The van der Waals surface area contributed by atoms with Crippen LogP contribution >= 0.6 is 35.6 Å². The zero-order valence-electron chi connectivity index (χ0n) is 11.0. The molecule has 0 fully saturated rings. The lowest BCUT2D eigenvalue weighted by atomic mass is 10.0. The van der Waals surface area contributed by atoms with Gasteiger partial charge in [-0.3, -0.25) is 0 Å². The van der Waals surface area contributed by atoms with Crippen LogP contribution in [0, 0.1) is 6.92 Å². The number of ether oxygens (including phenoxy) is 1. The van der Waals surface area contributed by atoms with Gasteiger partial charge in [0.15, 0.2) is 0 Å². The van der Waals surface area contributed by atoms with E-state index in [0.29, 0.717) is 23.2 Å². The highest BCUT2D eigenvalue weighted by Crippen LogP contribution is 2.32. The first-order chi connectivity index (χ1) is 9.11. The van der Waals surface area contributed by atoms with E-state index in [1.54, 1.807) is 6.07 Å². The minimum atomic E-state index is 0. The number of aryl methyl sites for hydroxylation is 1. The van der Waals surface area contributed by atoms with Crippen molar-refractivity contribution >= 4 is 35.6 Å². The molecule has 2 N–H and O–H groups in total. The summed E-state index contributed by atoms with van der Waals surface area (Å²) >= 11 is 12.1. The molecule has 0 heterocycles. The van der Waals surface area contributed by atoms with Crippen molar-refractivity contribution in [1.82, 2.24) is 0 Å². The van der Waals surface area contributed by atoms with E-state index in [1.807, 2.05) is 37.3 Å². The van der Waals surface area contributed by atoms with E-state index in [2.05, 4.69) is 0 Å². The van der Waals surface area contributed by atoms with Crippen LogP contribution in [-0.4, -0.2) is 13.2 Å². The minimum Gasteiger partial charge on any atom is -0.492 e. The lowest BCUT2D eigenvalue weighted by molar-refractivity contribution is 0.326. The molecule has 0 aromatic heterocycles. The summed E-state index contributed by atoms with van der Waals surface area (Å²) in [5, 5.41) is 1.27. The Morgan fingerprint density at radius 1 is 1.10 bits per heavy atom. The standard InChI is InChI=1S/C15H15Cl2NO.ClH/c1-10-8-11(2-5-15(10)19-7-6-18)13-4-3-12(16)9-14(13)17;/h2-5,8-9H,6-7,18H2,1H3;1H. The first-order valence-corrected chi connectivity index (χ1v) is 6.76. The van der Waals surface area contributed by atoms with E-state index in [4.69, 9.17) is 33.7 Å². The van der Waals surface area contributed by atoms with Crippen molar-refractivity contribution in [2.24, 2.45) is 5.73 Å². The molecular formula is C15H16Cl3NO. The van der Waals surface area contributed by atoms with Gasteiger partial charge in [0.05, 0.1) is 0 Å². The van der Waals surface area contributed by atoms with E-state index in [0.717, 1.165) is 22.4 Å². The molecule has 0 radical (unpaired) electrons. The predicted molar refractivity (Wildman–Crippen MR) is 88.4 cm³/mol. The summed E-state index contributed by atoms with van der Waals surface area (Å²) < 4.78 is 5.55. The van der Waals surface area contributed by atoms with Crippen LogP contribution in [0.2, 0.25) is 10.0 Å². The number of hydrogen-bond donors (Lipinski definition) is 1. The molecule has 0 bridgehead atoms. The topological polar surface area (TPSA) is 35.2 Å². The number of halogens is 3. The average molecular weight is 333 g/mol. The Morgan fingerprint density at radius 2 is 1.85 bits per heavy atom. The van der Waals surface area contributed by atoms with E-state index >= 15 is 0 Å². The summed E-state index contributed by atoms with van der Waals surface area (Å²) in [7, 11) is 0. The molecule has 0 aliphatic carbocycles. The molecule has 2 aromatic carbocycles. The normalized spacial score (nSPS) is 10.0. The van der Waals surface area contributed by atoms with Crippen LogP contribution in [0.3, 0.4) is 0 Å². The Balaban J connectivity index is 0.00000200. The van der Waals surface area contributed by atoms with Gasteiger partial charge in [0, 0.05) is 22.2 Å². The largest absolute Gasteiger partial charge is 0.492 e. The molecule has 0 aliphatic heterocycles. The third-order valence-electron chi connectivity index (χ3n) is 2.79. The summed E-state index contributed by atoms with van der Waals surface area (Å²) in [6, 6.07) is 11.4. The SMILES string of the molecule is Cc1cc(-c2ccc(Cl)cc2Cl)ccc1OCCN.Cl. The zero-order chi connectivity index (χ0) is 13.8. The number of rotatable bonds is 4. The van der Waals surface area contributed by atoms with Crippen molar-refractivity contribution in [3.63, 3.8) is 0 Å². The molecule has 108 valence electrons. The van der Waals surface area contributed by atoms with Gasteiger partial charge in [-0.2, -0.15) is 0 Å². The van der Waals surface area contributed by atoms with Crippen LogP contribution in [0.5, 0.6) is 5.75 Å². The smallest absolute Gasteiger partial charge is 0.122 e. The molecule has 0 aliphatic rings. The average Bonchev–Trinajstić information content (AvgIpc) is 2.37. The van der Waals surface area contributed by atoms with Crippen molar-refractivity contribution in [3.05, 3.63) is 52.0 Å². The van der Waals surface area contributed by atoms with Gasteiger partial charge < -0.3 is 10.5 Å². The second-order valence-electron chi connectivity index (χ2n) is 4.24. The van der Waals surface area contributed by atoms with Gasteiger partial charge in [-0.05, 0) is 42.3 Å². The van der Waals surface area contributed by atoms with Crippen LogP contribution in [0.15, 0.2) is 36.4 Å². The molecule has 2 nitrogen and oxygen atoms in total. The molecule has 20 heavy (non-hydrogen) atoms. The van der Waals surface area contributed by atoms with Crippen molar-refractivity contribution in [2.75, 3.05) is 13.2 Å². The summed E-state index contributed by atoms with van der Waals surface area (Å²) in [5.74, 6) is 0.847. The Kier molecular flexibility index (Phi) is 6.63. The zero-order valence-corrected chi connectivity index (χ0v) is 13.4. The molecule has 0 atom stereocenters. The third kappa shape index (κ3) is 4.03. The molecule has 2 aromatic rings. The van der Waals surface area contributed by atoms with Gasteiger partial charge in [-0.25, -0.2) is 0 Å². The van der Waals surface area contributed by atoms with E-state index in [1.165, 1.54) is 0 Å². The Morgan fingerprint density at radius 3 is 2.45 bits per heavy atom. The summed E-state index contributed by atoms with van der Waals surface area (Å²) in [6.07, 6.45) is 0. The van der Waals surface area contributed by atoms with Gasteiger partial charge in [-0.1, -0.05) is 35.3 Å². The highest BCUT2D eigenvalue weighted by atomic mass is 35.5. The Labute approximate surface area is 135 Å². The van der Waals surface area contributed by atoms with Gasteiger partial charge in [0.1, 0.15) is 12.4 Å². The fourth-order valence-electron chi connectivity index (χ4n) is 1.87. The Hall–Kier alpha value is -0.930. The molecule has 2 rings (SSSR count). The van der Waals surface area contributed by atoms with Crippen LogP contribution < -0.4 is 10.5 Å². The third-order valence-corrected chi connectivity index (χ3v) is 3.34. The maximum absolute atomic E-state index is 6.21. The van der Waals surface area contributed by atoms with Crippen molar-refractivity contribution in [2.45, 2.75) is 6.92 Å². The summed E-state index contributed by atoms with van der Waals surface area (Å²) in [5.41, 5.74) is 8.48. The number of hydrogen-bond acceptors (Lipinski definition) is 2. The van der Waals surface area contributed by atoms with Gasteiger partial charge in [0.25, 0.3) is 0 Å². The van der Waals surface area contributed by atoms with E-state index in [-0.39, 0.29) is 12.4 Å². The molecular weight excluding hydrogens is 317 g/mol. The lowest BCUT2D eigenvalue weighted by Crippen LogP contribution is -2.11. The van der Waals surface area contributed by atoms with Crippen LogP contribution in [0.25, 0.3) is 11.1 Å². The second kappa shape index (κ2) is 7.75. The second-order valence-corrected chi connectivity index (χ2v) is 5.09. The first-order valence-electron chi connectivity index (χ1n) is 6.01. The van der Waals surface area contributed by atoms with E-state index < -0.39 is 0 Å². The maximum atomic E-state index is 6.21. The number of nitrogens with two attached hydrogens (primary N) is 1. The summed E-state index contributed by atoms with van der Waals surface area (Å²) in [6.45, 7) is 3.02. The van der Waals surface area contributed by atoms with E-state index in [9.17, 15) is 0 Å². The van der Waals surface area contributed by atoms with Crippen molar-refractivity contribution in [3.8, 4) is 16.9 Å². The number of benzene rings is 2. The van der Waals surface area contributed by atoms with Gasteiger partial charge >= 0.3 is 0 Å². The summed E-state index contributed by atoms with van der Waals surface area (Å²) in [4.78, 5) is 0. The van der Waals surface area contributed by atoms with Crippen molar-refractivity contribution in [1.29, 1.82) is 0 Å². The maximum Gasteiger partial charge on any atom is 0.122 e. The molecule has 0 amide bonds. The highest BCUT2D eigenvalue weighted by molar-refractivity contribution is 6.36. The molecule has 0 saturated heterocycles. The predicted octanol–water partition coefficient (Wildman–Crippen LogP) is 4.73. The van der Waals surface area contributed by atoms with Gasteiger partial charge in [0.2, 0.25) is 0 Å². The lowest BCUT2D eigenvalue weighted by Gasteiger charge is -2.11. The van der Waals surface area contributed by atoms with Crippen LogP contribution in [0.4, 0.5) is 0 Å². The Bertz CT molecular complexity index is 587. The van der Waals surface area contributed by atoms with Crippen LogP contribution in [0.1, 0.15) is 5.56 Å². The monoisotopic (exact) mass is 331 g/mol. The van der Waals surface area contributed by atoms with Crippen LogP contribution in [-0.2, 0) is 0 Å². The minimum absolute atomic E-state index is 0. The molecule has 5 heteroatoms. The fourth-order valence-corrected chi connectivity index (χ4v) is 2.39. The van der Waals surface area contributed by atoms with Gasteiger partial charge in [-0.15, -0.1) is 12.4 Å². The van der Waals surface area contributed by atoms with Crippen molar-refractivity contribution < 1.29 is 4.74 Å². The fraction of sp³-hybridized carbons (Fsp3) is 0.200. The highest BCUT2D eigenvalue weighted by Gasteiger charge is 2.07. The molecule has 0 spiro atoms. The molecule has 0 unspecified atom stereocenters. The first kappa shape index (κ1) is 17.1. The molecule has 0 saturated carbocycles.